The molecule has 2 N–H and O–H groups in total. The van der Waals surface area contributed by atoms with Gasteiger partial charge in [0.15, 0.2) is 0 Å². The molecular weight excluding hydrogens is 146 g/mol. The zero-order valence-electron chi connectivity index (χ0n) is 5.96. The van der Waals surface area contributed by atoms with Gasteiger partial charge in [0.25, 0.3) is 5.82 Å². The SMILES string of the molecule is C=C(C)N=Nc1n[nH][nH]c1=O. The van der Waals surface area contributed by atoms with Crippen LogP contribution in [0.2, 0.25) is 0 Å². The maximum Gasteiger partial charge on any atom is 0.312 e. The lowest BCUT2D eigenvalue weighted by Crippen LogP contribution is -1.96. The normalized spacial score (nSPS) is 10.6. The summed E-state index contributed by atoms with van der Waals surface area (Å²) in [5.74, 6) is 0.00741. The molecule has 0 fully saturated rings. The molecule has 1 rings (SSSR count). The van der Waals surface area contributed by atoms with E-state index in [4.69, 9.17) is 0 Å². The minimum Gasteiger partial charge on any atom is -0.264 e. The largest absolute Gasteiger partial charge is 0.312 e. The van der Waals surface area contributed by atoms with E-state index in [1.807, 2.05) is 0 Å². The van der Waals surface area contributed by atoms with Crippen molar-refractivity contribution in [3.63, 3.8) is 0 Å². The molecule has 58 valence electrons. The van der Waals surface area contributed by atoms with Gasteiger partial charge in [-0.15, -0.1) is 10.2 Å². The van der Waals surface area contributed by atoms with Crippen LogP contribution in [0.3, 0.4) is 0 Å². The average molecular weight is 153 g/mol. The summed E-state index contributed by atoms with van der Waals surface area (Å²) in [6, 6.07) is 0. The van der Waals surface area contributed by atoms with E-state index in [1.165, 1.54) is 0 Å². The summed E-state index contributed by atoms with van der Waals surface area (Å²) in [4.78, 5) is 10.7. The van der Waals surface area contributed by atoms with Gasteiger partial charge in [0.1, 0.15) is 0 Å². The summed E-state index contributed by atoms with van der Waals surface area (Å²) in [5.41, 5.74) is 0.127. The summed E-state index contributed by atoms with van der Waals surface area (Å²) in [7, 11) is 0. The van der Waals surface area contributed by atoms with Crippen LogP contribution in [0, 0.1) is 0 Å². The van der Waals surface area contributed by atoms with Gasteiger partial charge in [-0.2, -0.15) is 5.11 Å². The standard InChI is InChI=1S/C5H7N5O/c1-3(2)6-7-4-5(11)9-10-8-4/h1H2,2H3,(H2,8,9,10,11). The number of rotatable bonds is 2. The molecular formula is C5H7N5O. The third kappa shape index (κ3) is 1.85. The van der Waals surface area contributed by atoms with Crippen LogP contribution >= 0.6 is 0 Å². The lowest BCUT2D eigenvalue weighted by atomic mass is 10.6. The van der Waals surface area contributed by atoms with E-state index in [-0.39, 0.29) is 5.82 Å². The van der Waals surface area contributed by atoms with Crippen molar-refractivity contribution in [2.75, 3.05) is 0 Å². The number of azo groups is 1. The van der Waals surface area contributed by atoms with Gasteiger partial charge in [-0.1, -0.05) is 6.58 Å². The zero-order chi connectivity index (χ0) is 8.27. The third-order valence-electron chi connectivity index (χ3n) is 0.850. The molecule has 0 saturated carbocycles. The molecule has 0 aliphatic carbocycles. The Balaban J connectivity index is 2.88. The Kier molecular flexibility index (Phi) is 1.95. The molecule has 0 saturated heterocycles. The Morgan fingerprint density at radius 3 is 2.91 bits per heavy atom. The van der Waals surface area contributed by atoms with Crippen molar-refractivity contribution in [2.45, 2.75) is 6.92 Å². The Labute approximate surface area is 62.0 Å². The van der Waals surface area contributed by atoms with Crippen LogP contribution in [0.15, 0.2) is 27.3 Å². The van der Waals surface area contributed by atoms with Crippen molar-refractivity contribution in [1.29, 1.82) is 0 Å². The molecule has 0 amide bonds. The van der Waals surface area contributed by atoms with Crippen LogP contribution in [-0.4, -0.2) is 15.4 Å². The van der Waals surface area contributed by atoms with Gasteiger partial charge >= 0.3 is 5.56 Å². The van der Waals surface area contributed by atoms with Crippen molar-refractivity contribution < 1.29 is 0 Å². The monoisotopic (exact) mass is 153 g/mol. The molecule has 0 aromatic carbocycles. The maximum absolute atomic E-state index is 10.7. The predicted molar refractivity (Wildman–Crippen MR) is 38.5 cm³/mol. The Bertz CT molecular complexity index is 333. The highest BCUT2D eigenvalue weighted by molar-refractivity contribution is 5.17. The highest BCUT2D eigenvalue weighted by atomic mass is 16.1. The first-order chi connectivity index (χ1) is 5.20. The second-order valence-corrected chi connectivity index (χ2v) is 1.94. The van der Waals surface area contributed by atoms with Crippen LogP contribution in [0.25, 0.3) is 0 Å². The Morgan fingerprint density at radius 1 is 1.73 bits per heavy atom. The van der Waals surface area contributed by atoms with E-state index in [0.717, 1.165) is 0 Å². The van der Waals surface area contributed by atoms with Crippen LogP contribution < -0.4 is 5.56 Å². The smallest absolute Gasteiger partial charge is 0.264 e. The molecule has 6 nitrogen and oxygen atoms in total. The van der Waals surface area contributed by atoms with Crippen molar-refractivity contribution in [2.24, 2.45) is 10.2 Å². The number of nitrogens with zero attached hydrogens (tertiary/aromatic N) is 3. The van der Waals surface area contributed by atoms with E-state index < -0.39 is 5.56 Å². The third-order valence-corrected chi connectivity index (χ3v) is 0.850. The number of allylic oxidation sites excluding steroid dienone is 1. The Morgan fingerprint density at radius 2 is 2.45 bits per heavy atom. The number of nitrogens with one attached hydrogen (secondary N) is 2. The van der Waals surface area contributed by atoms with Crippen LogP contribution in [0.5, 0.6) is 0 Å². The minimum absolute atomic E-state index is 0.00741. The van der Waals surface area contributed by atoms with Crippen molar-refractivity contribution >= 4 is 5.82 Å². The molecule has 0 bridgehead atoms. The lowest BCUT2D eigenvalue weighted by molar-refractivity contribution is 0.925. The predicted octanol–water partition coefficient (Wildman–Crippen LogP) is 0.715. The van der Waals surface area contributed by atoms with Crippen molar-refractivity contribution in [3.8, 4) is 0 Å². The number of aromatic amines is 2. The van der Waals surface area contributed by atoms with Gasteiger partial charge in [-0.25, -0.2) is 10.3 Å². The summed E-state index contributed by atoms with van der Waals surface area (Å²) in [6.45, 7) is 5.14. The van der Waals surface area contributed by atoms with Gasteiger partial charge in [0.2, 0.25) is 0 Å². The van der Waals surface area contributed by atoms with Crippen LogP contribution in [0.4, 0.5) is 5.82 Å². The first-order valence-corrected chi connectivity index (χ1v) is 2.90. The first-order valence-electron chi connectivity index (χ1n) is 2.90. The zero-order valence-corrected chi connectivity index (χ0v) is 5.96. The van der Waals surface area contributed by atoms with Gasteiger partial charge in [-0.05, 0) is 6.92 Å². The van der Waals surface area contributed by atoms with E-state index in [2.05, 4.69) is 32.2 Å². The average Bonchev–Trinajstić information content (AvgIpc) is 2.31. The highest BCUT2D eigenvalue weighted by Gasteiger charge is 1.97. The molecule has 6 heteroatoms. The molecule has 0 aliphatic heterocycles. The lowest BCUT2D eigenvalue weighted by Gasteiger charge is -1.79. The minimum atomic E-state index is -0.394. The van der Waals surface area contributed by atoms with E-state index in [1.54, 1.807) is 6.92 Å². The number of aromatic nitrogens is 3. The molecule has 0 radical (unpaired) electrons. The molecule has 1 aromatic heterocycles. The summed E-state index contributed by atoms with van der Waals surface area (Å²) < 4.78 is 0. The second-order valence-electron chi connectivity index (χ2n) is 1.94. The molecule has 1 heterocycles. The molecule has 0 atom stereocenters. The van der Waals surface area contributed by atoms with E-state index in [9.17, 15) is 4.79 Å². The maximum atomic E-state index is 10.7. The number of hydrogen-bond donors (Lipinski definition) is 2. The fourth-order valence-corrected chi connectivity index (χ4v) is 0.439. The number of hydrogen-bond acceptors (Lipinski definition) is 4. The van der Waals surface area contributed by atoms with Crippen molar-refractivity contribution in [1.82, 2.24) is 15.4 Å². The van der Waals surface area contributed by atoms with Crippen LogP contribution in [0.1, 0.15) is 6.92 Å². The fourth-order valence-electron chi connectivity index (χ4n) is 0.439. The van der Waals surface area contributed by atoms with Gasteiger partial charge < -0.3 is 0 Å². The first kappa shape index (κ1) is 7.39. The summed E-state index contributed by atoms with van der Waals surface area (Å²) >= 11 is 0. The highest BCUT2D eigenvalue weighted by Crippen LogP contribution is 1.99. The summed E-state index contributed by atoms with van der Waals surface area (Å²) in [6.07, 6.45) is 0. The quantitative estimate of drug-likeness (QED) is 0.613. The molecule has 11 heavy (non-hydrogen) atoms. The van der Waals surface area contributed by atoms with E-state index >= 15 is 0 Å². The second kappa shape index (κ2) is 2.91. The van der Waals surface area contributed by atoms with Gasteiger partial charge in [-0.3, -0.25) is 4.79 Å². The fraction of sp³-hybridized carbons (Fsp3) is 0.200. The van der Waals surface area contributed by atoms with Gasteiger partial charge in [0, 0.05) is 0 Å². The van der Waals surface area contributed by atoms with E-state index in [0.29, 0.717) is 5.70 Å². The number of H-pyrrole nitrogens is 2. The molecule has 1 aromatic rings. The van der Waals surface area contributed by atoms with Crippen LogP contribution in [-0.2, 0) is 0 Å². The topological polar surface area (TPSA) is 86.3 Å². The summed E-state index contributed by atoms with van der Waals surface area (Å²) in [5, 5.41) is 15.0. The molecule has 0 spiro atoms. The molecule has 0 unspecified atom stereocenters. The Hall–Kier alpha value is -1.72. The van der Waals surface area contributed by atoms with Gasteiger partial charge in [0.05, 0.1) is 5.70 Å². The molecule has 0 aliphatic rings. The van der Waals surface area contributed by atoms with Crippen molar-refractivity contribution in [3.05, 3.63) is 22.6 Å².